The number of rotatable bonds is 5. The minimum atomic E-state index is -1.06. The molecule has 0 bridgehead atoms. The van der Waals surface area contributed by atoms with Crippen molar-refractivity contribution in [3.63, 3.8) is 0 Å². The number of hydrogen-bond acceptors (Lipinski definition) is 3. The van der Waals surface area contributed by atoms with Crippen molar-refractivity contribution in [2.45, 2.75) is 19.9 Å². The average molecular weight is 211 g/mol. The van der Waals surface area contributed by atoms with Gasteiger partial charge in [0.25, 0.3) is 0 Å². The number of hydrogen-bond donors (Lipinski definition) is 2. The van der Waals surface area contributed by atoms with Crippen molar-refractivity contribution in [2.24, 2.45) is 0 Å². The van der Waals surface area contributed by atoms with Gasteiger partial charge in [0.05, 0.1) is 6.33 Å². The number of aromatic carboxylic acids is 1. The van der Waals surface area contributed by atoms with Crippen LogP contribution in [0.4, 0.5) is 0 Å². The van der Waals surface area contributed by atoms with Crippen molar-refractivity contribution in [1.29, 1.82) is 0 Å². The lowest BCUT2D eigenvalue weighted by molar-refractivity contribution is -0.121. The zero-order chi connectivity index (χ0) is 11.3. The number of nitrogens with zero attached hydrogens (tertiary/aromatic N) is 2. The molecule has 82 valence electrons. The Morgan fingerprint density at radius 2 is 2.33 bits per heavy atom. The Hall–Kier alpha value is -1.85. The molecule has 1 rings (SSSR count). The van der Waals surface area contributed by atoms with Crippen molar-refractivity contribution in [3.8, 4) is 0 Å². The molecule has 1 aromatic heterocycles. The van der Waals surface area contributed by atoms with Crippen LogP contribution in [-0.2, 0) is 11.3 Å². The fraction of sp³-hybridized carbons (Fsp3) is 0.444. The van der Waals surface area contributed by atoms with Crippen molar-refractivity contribution < 1.29 is 14.7 Å². The number of amides is 1. The second-order valence-corrected chi connectivity index (χ2v) is 3.01. The SMILES string of the molecule is CCNC(=O)CCn1cnc(C(=O)O)c1. The smallest absolute Gasteiger partial charge is 0.356 e. The maximum absolute atomic E-state index is 11.1. The molecule has 0 atom stereocenters. The third-order valence-corrected chi connectivity index (χ3v) is 1.82. The largest absolute Gasteiger partial charge is 0.476 e. The van der Waals surface area contributed by atoms with E-state index in [1.807, 2.05) is 6.92 Å². The zero-order valence-electron chi connectivity index (χ0n) is 8.43. The van der Waals surface area contributed by atoms with Gasteiger partial charge in [0.2, 0.25) is 5.91 Å². The molecule has 2 N–H and O–H groups in total. The molecule has 1 amide bonds. The highest BCUT2D eigenvalue weighted by atomic mass is 16.4. The van der Waals surface area contributed by atoms with Gasteiger partial charge in [-0.25, -0.2) is 9.78 Å². The number of carboxylic acid groups (broad SMARTS) is 1. The fourth-order valence-electron chi connectivity index (χ4n) is 1.11. The molecule has 6 heteroatoms. The van der Waals surface area contributed by atoms with Crippen LogP contribution < -0.4 is 5.32 Å². The number of imidazole rings is 1. The molecule has 0 fully saturated rings. The normalized spacial score (nSPS) is 9.93. The maximum Gasteiger partial charge on any atom is 0.356 e. The van der Waals surface area contributed by atoms with Crippen LogP contribution >= 0.6 is 0 Å². The Bertz CT molecular complexity index is 359. The van der Waals surface area contributed by atoms with E-state index in [9.17, 15) is 9.59 Å². The number of carbonyl (C=O) groups excluding carboxylic acids is 1. The number of carbonyl (C=O) groups is 2. The summed E-state index contributed by atoms with van der Waals surface area (Å²) in [5, 5.41) is 11.3. The quantitative estimate of drug-likeness (QED) is 0.723. The van der Waals surface area contributed by atoms with Gasteiger partial charge in [-0.15, -0.1) is 0 Å². The summed E-state index contributed by atoms with van der Waals surface area (Å²) < 4.78 is 1.58. The van der Waals surface area contributed by atoms with Gasteiger partial charge >= 0.3 is 5.97 Å². The van der Waals surface area contributed by atoms with Crippen LogP contribution in [0.15, 0.2) is 12.5 Å². The highest BCUT2D eigenvalue weighted by Gasteiger charge is 2.07. The topological polar surface area (TPSA) is 84.2 Å². The van der Waals surface area contributed by atoms with Crippen LogP contribution in [0.2, 0.25) is 0 Å². The Morgan fingerprint density at radius 1 is 1.60 bits per heavy atom. The van der Waals surface area contributed by atoms with Crippen molar-refractivity contribution >= 4 is 11.9 Å². The van der Waals surface area contributed by atoms with E-state index in [4.69, 9.17) is 5.11 Å². The standard InChI is InChI=1S/C9H13N3O3/c1-2-10-8(13)3-4-12-5-7(9(14)15)11-6-12/h5-6H,2-4H2,1H3,(H,10,13)(H,14,15). The van der Waals surface area contributed by atoms with Gasteiger partial charge in [-0.1, -0.05) is 0 Å². The lowest BCUT2D eigenvalue weighted by Gasteiger charge is -2.02. The van der Waals surface area contributed by atoms with Crippen LogP contribution in [0, 0.1) is 0 Å². The minimum absolute atomic E-state index is 0.00843. The summed E-state index contributed by atoms with van der Waals surface area (Å²) in [6.45, 7) is 2.88. The molecule has 0 spiro atoms. The fourth-order valence-corrected chi connectivity index (χ4v) is 1.11. The number of aromatic nitrogens is 2. The monoisotopic (exact) mass is 211 g/mol. The van der Waals surface area contributed by atoms with Gasteiger partial charge in [0.1, 0.15) is 0 Å². The van der Waals surface area contributed by atoms with Crippen LogP contribution in [0.3, 0.4) is 0 Å². The van der Waals surface area contributed by atoms with E-state index in [0.717, 1.165) is 0 Å². The van der Waals surface area contributed by atoms with E-state index in [-0.39, 0.29) is 11.6 Å². The molecule has 0 aromatic carbocycles. The van der Waals surface area contributed by atoms with E-state index >= 15 is 0 Å². The lowest BCUT2D eigenvalue weighted by Crippen LogP contribution is -2.23. The summed E-state index contributed by atoms with van der Waals surface area (Å²) in [5.74, 6) is -1.12. The average Bonchev–Trinajstić information content (AvgIpc) is 2.63. The van der Waals surface area contributed by atoms with Gasteiger partial charge in [-0.3, -0.25) is 4.79 Å². The third-order valence-electron chi connectivity index (χ3n) is 1.82. The second kappa shape index (κ2) is 5.14. The van der Waals surface area contributed by atoms with Gasteiger partial charge in [-0.05, 0) is 6.92 Å². The molecule has 0 radical (unpaired) electrons. The Labute approximate surface area is 86.9 Å². The second-order valence-electron chi connectivity index (χ2n) is 3.01. The van der Waals surface area contributed by atoms with E-state index < -0.39 is 5.97 Å². The maximum atomic E-state index is 11.1. The van der Waals surface area contributed by atoms with Gasteiger partial charge in [0.15, 0.2) is 5.69 Å². The third kappa shape index (κ3) is 3.41. The number of carboxylic acids is 1. The van der Waals surface area contributed by atoms with Crippen LogP contribution in [0.1, 0.15) is 23.8 Å². The molecule has 6 nitrogen and oxygen atoms in total. The summed E-state index contributed by atoms with van der Waals surface area (Å²) in [4.78, 5) is 25.3. The molecule has 1 heterocycles. The molecule has 15 heavy (non-hydrogen) atoms. The zero-order valence-corrected chi connectivity index (χ0v) is 8.43. The first-order chi connectivity index (χ1) is 7.13. The molecule has 0 saturated heterocycles. The van der Waals surface area contributed by atoms with E-state index in [0.29, 0.717) is 19.5 Å². The van der Waals surface area contributed by atoms with Crippen molar-refractivity contribution in [1.82, 2.24) is 14.9 Å². The molecule has 0 saturated carbocycles. The first-order valence-corrected chi connectivity index (χ1v) is 4.65. The molecule has 0 aliphatic carbocycles. The Kier molecular flexibility index (Phi) is 3.84. The molecular formula is C9H13N3O3. The summed E-state index contributed by atoms with van der Waals surface area (Å²) in [5.41, 5.74) is -0.00843. The summed E-state index contributed by atoms with van der Waals surface area (Å²) in [7, 11) is 0. The summed E-state index contributed by atoms with van der Waals surface area (Å²) in [6.07, 6.45) is 3.13. The van der Waals surface area contributed by atoms with Crippen LogP contribution in [0.5, 0.6) is 0 Å². The Morgan fingerprint density at radius 3 is 2.87 bits per heavy atom. The molecule has 1 aromatic rings. The minimum Gasteiger partial charge on any atom is -0.476 e. The predicted octanol–water partition coefficient (Wildman–Crippen LogP) is 0.107. The lowest BCUT2D eigenvalue weighted by atomic mass is 10.4. The van der Waals surface area contributed by atoms with Gasteiger partial charge in [-0.2, -0.15) is 0 Å². The van der Waals surface area contributed by atoms with Crippen LogP contribution in [0.25, 0.3) is 0 Å². The Balaban J connectivity index is 2.44. The first-order valence-electron chi connectivity index (χ1n) is 4.65. The van der Waals surface area contributed by atoms with Gasteiger partial charge < -0.3 is 15.0 Å². The summed E-state index contributed by atoms with van der Waals surface area (Å²) in [6, 6.07) is 0. The van der Waals surface area contributed by atoms with Gasteiger partial charge in [0, 0.05) is 25.7 Å². The van der Waals surface area contributed by atoms with Crippen molar-refractivity contribution in [3.05, 3.63) is 18.2 Å². The highest BCUT2D eigenvalue weighted by molar-refractivity contribution is 5.84. The van der Waals surface area contributed by atoms with Crippen LogP contribution in [-0.4, -0.2) is 33.1 Å². The van der Waals surface area contributed by atoms with E-state index in [2.05, 4.69) is 10.3 Å². The first kappa shape index (κ1) is 11.2. The number of nitrogens with one attached hydrogen (secondary N) is 1. The predicted molar refractivity (Wildman–Crippen MR) is 52.5 cm³/mol. The molecular weight excluding hydrogens is 198 g/mol. The molecule has 0 aliphatic heterocycles. The summed E-state index contributed by atoms with van der Waals surface area (Å²) >= 11 is 0. The molecule has 0 unspecified atom stereocenters. The molecule has 0 aliphatic rings. The number of aryl methyl sites for hydroxylation is 1. The highest BCUT2D eigenvalue weighted by Crippen LogP contribution is 1.97. The van der Waals surface area contributed by atoms with E-state index in [1.54, 1.807) is 4.57 Å². The van der Waals surface area contributed by atoms with E-state index in [1.165, 1.54) is 12.5 Å². The van der Waals surface area contributed by atoms with Crippen molar-refractivity contribution in [2.75, 3.05) is 6.54 Å².